The highest BCUT2D eigenvalue weighted by molar-refractivity contribution is 7.25. The van der Waals surface area contributed by atoms with E-state index in [0.717, 1.165) is 22.3 Å². The fourth-order valence-corrected chi connectivity index (χ4v) is 9.93. The highest BCUT2D eigenvalue weighted by atomic mass is 32.1. The van der Waals surface area contributed by atoms with E-state index in [1.807, 2.05) is 11.3 Å². The molecule has 3 aromatic heterocycles. The summed E-state index contributed by atoms with van der Waals surface area (Å²) in [4.78, 5) is 7.61. The monoisotopic (exact) mass is 653 g/mol. The number of nitrogens with one attached hydrogen (secondary N) is 1. The lowest BCUT2D eigenvalue weighted by molar-refractivity contribution is 0.332. The van der Waals surface area contributed by atoms with Crippen molar-refractivity contribution < 1.29 is 4.42 Å². The molecule has 3 nitrogen and oxygen atoms in total. The van der Waals surface area contributed by atoms with Gasteiger partial charge in [0.15, 0.2) is 0 Å². The minimum Gasteiger partial charge on any atom is -0.469 e. The topological polar surface area (TPSA) is 32.2 Å². The van der Waals surface area contributed by atoms with Gasteiger partial charge in [0.2, 0.25) is 7.28 Å². The fourth-order valence-electron chi connectivity index (χ4n) is 8.80. The van der Waals surface area contributed by atoms with Crippen LogP contribution in [0.3, 0.4) is 0 Å². The van der Waals surface area contributed by atoms with E-state index in [9.17, 15) is 0 Å². The number of H-pyrrole nitrogens is 1. The fraction of sp³-hybridized carbons (Fsp3) is 0.227. The largest absolute Gasteiger partial charge is 0.469 e. The number of thiophene rings is 1. The average molecular weight is 654 g/mol. The van der Waals surface area contributed by atoms with Gasteiger partial charge in [-0.05, 0) is 101 Å². The van der Waals surface area contributed by atoms with Crippen LogP contribution in [0.2, 0.25) is 0 Å². The van der Waals surface area contributed by atoms with Gasteiger partial charge in [0.25, 0.3) is 0 Å². The van der Waals surface area contributed by atoms with Gasteiger partial charge in [-0.3, -0.25) is 0 Å². The molecule has 10 rings (SSSR count). The molecule has 1 aliphatic heterocycles. The molecule has 1 N–H and O–H groups in total. The maximum atomic E-state index is 6.71. The highest BCUT2D eigenvalue weighted by Crippen LogP contribution is 2.51. The van der Waals surface area contributed by atoms with E-state index in [4.69, 9.17) is 4.42 Å². The van der Waals surface area contributed by atoms with Gasteiger partial charge in [-0.2, -0.15) is 0 Å². The van der Waals surface area contributed by atoms with Crippen molar-refractivity contribution in [1.82, 2.24) is 4.98 Å². The first-order valence-electron chi connectivity index (χ1n) is 17.5. The summed E-state index contributed by atoms with van der Waals surface area (Å²) in [5, 5.41) is 5.04. The molecule has 5 heteroatoms. The number of anilines is 3. The minimum atomic E-state index is 0.0946. The maximum absolute atomic E-state index is 6.71. The first-order valence-corrected chi connectivity index (χ1v) is 18.3. The van der Waals surface area contributed by atoms with Crippen LogP contribution in [-0.4, -0.2) is 12.3 Å². The zero-order chi connectivity index (χ0) is 33.4. The summed E-state index contributed by atoms with van der Waals surface area (Å²) in [6.45, 7) is 14.2. The smallest absolute Gasteiger partial charge is 0.247 e. The standard InChI is InChI=1S/C44H38BN2OS/c1-24-20-30(26-14-11-15-29-37-28-13-8-10-17-36(28)49-42(37)46-39(26)29)38-34(21-24)47(40-27-12-7-9-16-35(27)48-41(40)45-38)33-23-32-31(22-25(33)2)43(3,4)18-19-44(32,5)6/h7-17,20-23,46H,18-19H2,1-6H3. The molecule has 0 atom stereocenters. The number of aromatic nitrogens is 1. The predicted octanol–water partition coefficient (Wildman–Crippen LogP) is 11.4. The summed E-state index contributed by atoms with van der Waals surface area (Å²) in [7, 11) is 2.29. The van der Waals surface area contributed by atoms with E-state index in [0.29, 0.717) is 0 Å². The third-order valence-corrected chi connectivity index (χ3v) is 12.6. The first kappa shape index (κ1) is 29.2. The van der Waals surface area contributed by atoms with Crippen LogP contribution in [0.15, 0.2) is 95.4 Å². The quantitative estimate of drug-likeness (QED) is 0.188. The van der Waals surface area contributed by atoms with Crippen LogP contribution >= 0.6 is 11.3 Å². The number of fused-ring (bicyclic) bond motifs is 10. The van der Waals surface area contributed by atoms with E-state index in [1.165, 1.54) is 94.3 Å². The summed E-state index contributed by atoms with van der Waals surface area (Å²) < 4.78 is 8.03. The van der Waals surface area contributed by atoms with E-state index in [-0.39, 0.29) is 10.8 Å². The molecule has 1 radical (unpaired) electrons. The Bertz CT molecular complexity index is 2690. The van der Waals surface area contributed by atoms with Crippen LogP contribution in [0.4, 0.5) is 17.1 Å². The van der Waals surface area contributed by atoms with Crippen LogP contribution < -0.4 is 16.0 Å². The Labute approximate surface area is 291 Å². The minimum absolute atomic E-state index is 0.0946. The van der Waals surface area contributed by atoms with Crippen molar-refractivity contribution in [3.63, 3.8) is 0 Å². The molecule has 0 amide bonds. The Balaban J connectivity index is 1.26. The molecule has 0 saturated heterocycles. The SMILES string of the molecule is Cc1cc(-c2cccc3c2[nH]c2sc4ccccc4c23)c2c(c1)N(c1cc3c(cc1C)C(C)(C)CCC3(C)C)c1c(oc3ccccc13)[B]2. The van der Waals surface area contributed by atoms with Crippen LogP contribution in [0.5, 0.6) is 0 Å². The summed E-state index contributed by atoms with van der Waals surface area (Å²) in [5.41, 5.74) is 15.9. The third-order valence-electron chi connectivity index (χ3n) is 11.5. The molecule has 2 aliphatic rings. The average Bonchev–Trinajstić information content (AvgIpc) is 3.75. The zero-order valence-electron chi connectivity index (χ0n) is 28.9. The summed E-state index contributed by atoms with van der Waals surface area (Å²) in [6, 6.07) is 33.7. The van der Waals surface area contributed by atoms with Gasteiger partial charge in [0.05, 0.1) is 16.9 Å². The molecule has 4 heterocycles. The van der Waals surface area contributed by atoms with Crippen molar-refractivity contribution in [2.24, 2.45) is 0 Å². The predicted molar refractivity (Wildman–Crippen MR) is 211 cm³/mol. The molecule has 0 fully saturated rings. The van der Waals surface area contributed by atoms with Gasteiger partial charge >= 0.3 is 0 Å². The third kappa shape index (κ3) is 4.09. The van der Waals surface area contributed by atoms with E-state index < -0.39 is 0 Å². The van der Waals surface area contributed by atoms with E-state index in [2.05, 4.69) is 150 Å². The molecule has 49 heavy (non-hydrogen) atoms. The number of hydrogen-bond donors (Lipinski definition) is 1. The Morgan fingerprint density at radius 3 is 2.27 bits per heavy atom. The summed E-state index contributed by atoms with van der Waals surface area (Å²) in [5.74, 6) is 0. The molecule has 0 spiro atoms. The molecule has 1 aliphatic carbocycles. The number of furan rings is 1. The van der Waals surface area contributed by atoms with E-state index in [1.54, 1.807) is 0 Å². The lowest BCUT2D eigenvalue weighted by Gasteiger charge is -2.43. The van der Waals surface area contributed by atoms with Gasteiger partial charge in [-0.15, -0.1) is 11.3 Å². The molecular formula is C44H38BN2OS. The van der Waals surface area contributed by atoms with Gasteiger partial charge in [-0.25, -0.2) is 0 Å². The Morgan fingerprint density at radius 1 is 0.735 bits per heavy atom. The molecule has 8 aromatic rings. The number of rotatable bonds is 2. The van der Waals surface area contributed by atoms with Crippen LogP contribution in [-0.2, 0) is 10.8 Å². The second-order valence-corrected chi connectivity index (χ2v) is 16.7. The first-order chi connectivity index (χ1) is 23.6. The van der Waals surface area contributed by atoms with Gasteiger partial charge in [-0.1, -0.05) is 88.4 Å². The molecular weight excluding hydrogens is 615 g/mol. The highest BCUT2D eigenvalue weighted by Gasteiger charge is 2.39. The Morgan fingerprint density at radius 2 is 1.45 bits per heavy atom. The maximum Gasteiger partial charge on any atom is 0.247 e. The summed E-state index contributed by atoms with van der Waals surface area (Å²) in [6.07, 6.45) is 2.38. The van der Waals surface area contributed by atoms with Crippen molar-refractivity contribution in [2.45, 2.75) is 65.2 Å². The Hall–Kier alpha value is -4.74. The summed E-state index contributed by atoms with van der Waals surface area (Å²) >= 11 is 1.84. The lowest BCUT2D eigenvalue weighted by Crippen LogP contribution is -2.40. The van der Waals surface area contributed by atoms with Gasteiger partial charge in [0.1, 0.15) is 10.4 Å². The van der Waals surface area contributed by atoms with Crippen molar-refractivity contribution in [3.05, 3.63) is 113 Å². The number of aryl methyl sites for hydroxylation is 2. The molecule has 0 unspecified atom stereocenters. The van der Waals surface area contributed by atoms with Crippen molar-refractivity contribution in [3.8, 4) is 11.1 Å². The van der Waals surface area contributed by atoms with Gasteiger partial charge in [0, 0.05) is 43.2 Å². The van der Waals surface area contributed by atoms with E-state index >= 15 is 0 Å². The molecule has 0 bridgehead atoms. The van der Waals surface area contributed by atoms with Crippen molar-refractivity contribution in [1.29, 1.82) is 0 Å². The van der Waals surface area contributed by atoms with Crippen molar-refractivity contribution >= 4 is 89.0 Å². The molecule has 0 saturated carbocycles. The van der Waals surface area contributed by atoms with Crippen LogP contribution in [0.1, 0.15) is 62.8 Å². The zero-order valence-corrected chi connectivity index (χ0v) is 29.7. The normalized spacial score (nSPS) is 16.2. The molecule has 5 aromatic carbocycles. The number of nitrogens with zero attached hydrogens (tertiary/aromatic N) is 1. The second kappa shape index (κ2) is 9.92. The lowest BCUT2D eigenvalue weighted by atomic mass is 9.60. The van der Waals surface area contributed by atoms with Crippen LogP contribution in [0, 0.1) is 13.8 Å². The number of benzene rings is 5. The van der Waals surface area contributed by atoms with Crippen LogP contribution in [0.25, 0.3) is 53.3 Å². The molecule has 239 valence electrons. The Kier molecular flexibility index (Phi) is 5.91. The number of aromatic amines is 1. The van der Waals surface area contributed by atoms with Crippen molar-refractivity contribution in [2.75, 3.05) is 4.90 Å². The van der Waals surface area contributed by atoms with Gasteiger partial charge < -0.3 is 14.3 Å². The second-order valence-electron chi connectivity index (χ2n) is 15.6. The number of hydrogen-bond acceptors (Lipinski definition) is 3. The number of para-hydroxylation sites is 2.